The third-order valence-corrected chi connectivity index (χ3v) is 6.16. The Morgan fingerprint density at radius 3 is 1.62 bits per heavy atom. The molecule has 1 saturated carbocycles. The van der Waals surface area contributed by atoms with E-state index in [-0.39, 0.29) is 38.6 Å². The summed E-state index contributed by atoms with van der Waals surface area (Å²) < 4.78 is 25.5. The van der Waals surface area contributed by atoms with Crippen molar-refractivity contribution in [2.45, 2.75) is 82.7 Å². The zero-order valence-corrected chi connectivity index (χ0v) is 14.0. The lowest BCUT2D eigenvalue weighted by molar-refractivity contribution is 0.179. The number of rotatable bonds is 3. The van der Waals surface area contributed by atoms with E-state index < -0.39 is 10.0 Å². The van der Waals surface area contributed by atoms with E-state index in [0.717, 1.165) is 6.42 Å². The third-order valence-electron chi connectivity index (χ3n) is 4.66. The van der Waals surface area contributed by atoms with Gasteiger partial charge in [0.1, 0.15) is 0 Å². The van der Waals surface area contributed by atoms with Gasteiger partial charge in [-0.2, -0.15) is 4.31 Å². The molecule has 0 radical (unpaired) electrons. The lowest BCUT2D eigenvalue weighted by atomic mass is 9.77. The standard InChI is InChI=1S/C14H29NO2S.3CH4/c1-12(2,3)14(7)9-11(14)10-15(13(4,5)6)18(8,16)17;;;/h11H,9-10H2,1-8H3;3*1H4. The molecule has 0 amide bonds. The molecular weight excluding hydrogens is 282 g/mol. The first kappa shape index (κ1) is 25.8. The highest BCUT2D eigenvalue weighted by molar-refractivity contribution is 7.88. The SMILES string of the molecule is C.C.C.CC(C)(C)N(CC1CC1(C)C(C)(C)C)S(C)(=O)=O. The van der Waals surface area contributed by atoms with Crippen LogP contribution in [0.15, 0.2) is 0 Å². The maximum atomic E-state index is 11.9. The zero-order valence-electron chi connectivity index (χ0n) is 13.2. The molecule has 0 N–H and O–H groups in total. The average Bonchev–Trinajstić information content (AvgIpc) is 2.69. The van der Waals surface area contributed by atoms with Gasteiger partial charge in [0.05, 0.1) is 6.26 Å². The van der Waals surface area contributed by atoms with E-state index in [4.69, 9.17) is 0 Å². The van der Waals surface area contributed by atoms with Crippen LogP contribution in [-0.2, 0) is 10.0 Å². The molecule has 0 aromatic rings. The topological polar surface area (TPSA) is 37.4 Å². The quantitative estimate of drug-likeness (QED) is 0.730. The van der Waals surface area contributed by atoms with Crippen molar-refractivity contribution in [3.63, 3.8) is 0 Å². The monoisotopic (exact) mass is 323 g/mol. The lowest BCUT2D eigenvalue weighted by Crippen LogP contribution is -2.46. The minimum Gasteiger partial charge on any atom is -0.212 e. The summed E-state index contributed by atoms with van der Waals surface area (Å²) in [5.41, 5.74) is 0.162. The molecule has 1 fully saturated rings. The molecule has 0 aliphatic heterocycles. The van der Waals surface area contributed by atoms with Crippen LogP contribution in [0.1, 0.15) is 77.2 Å². The van der Waals surface area contributed by atoms with Crippen molar-refractivity contribution in [2.75, 3.05) is 12.8 Å². The maximum Gasteiger partial charge on any atom is 0.211 e. The van der Waals surface area contributed by atoms with Crippen molar-refractivity contribution in [2.24, 2.45) is 16.7 Å². The number of nitrogens with zero attached hydrogens (tertiary/aromatic N) is 1. The van der Waals surface area contributed by atoms with Crippen molar-refractivity contribution >= 4 is 10.0 Å². The summed E-state index contributed by atoms with van der Waals surface area (Å²) >= 11 is 0. The van der Waals surface area contributed by atoms with Crippen LogP contribution >= 0.6 is 0 Å². The fourth-order valence-electron chi connectivity index (χ4n) is 2.74. The van der Waals surface area contributed by atoms with Crippen molar-refractivity contribution in [3.05, 3.63) is 0 Å². The minimum atomic E-state index is -3.14. The van der Waals surface area contributed by atoms with Gasteiger partial charge in [-0.15, -0.1) is 0 Å². The average molecular weight is 324 g/mol. The van der Waals surface area contributed by atoms with E-state index in [2.05, 4.69) is 27.7 Å². The van der Waals surface area contributed by atoms with Gasteiger partial charge in [0, 0.05) is 12.1 Å². The Hall–Kier alpha value is -0.0900. The van der Waals surface area contributed by atoms with E-state index >= 15 is 0 Å². The highest BCUT2D eigenvalue weighted by Gasteiger charge is 2.58. The molecule has 2 atom stereocenters. The Balaban J connectivity index is -0.00000108. The predicted octanol–water partition coefficient (Wildman–Crippen LogP) is 5.03. The molecule has 0 spiro atoms. The van der Waals surface area contributed by atoms with Crippen LogP contribution in [0.4, 0.5) is 0 Å². The van der Waals surface area contributed by atoms with Gasteiger partial charge in [0.15, 0.2) is 0 Å². The summed E-state index contributed by atoms with van der Waals surface area (Å²) in [6.07, 6.45) is 2.44. The van der Waals surface area contributed by atoms with Gasteiger partial charge in [0.2, 0.25) is 10.0 Å². The van der Waals surface area contributed by atoms with E-state index in [1.165, 1.54) is 6.26 Å². The second-order valence-corrected chi connectivity index (χ2v) is 9.94. The van der Waals surface area contributed by atoms with Crippen LogP contribution in [0.3, 0.4) is 0 Å². The number of sulfonamides is 1. The third kappa shape index (κ3) is 5.55. The molecule has 3 nitrogen and oxygen atoms in total. The van der Waals surface area contributed by atoms with E-state index in [0.29, 0.717) is 12.5 Å². The highest BCUT2D eigenvalue weighted by atomic mass is 32.2. The normalized spacial score (nSPS) is 25.5. The van der Waals surface area contributed by atoms with E-state index in [9.17, 15) is 8.42 Å². The van der Waals surface area contributed by atoms with E-state index in [1.54, 1.807) is 4.31 Å². The maximum absolute atomic E-state index is 11.9. The molecule has 132 valence electrons. The zero-order chi connectivity index (χ0) is 14.6. The van der Waals surface area contributed by atoms with Crippen molar-refractivity contribution < 1.29 is 8.42 Å². The molecule has 0 bridgehead atoms. The first-order valence-corrected chi connectivity index (χ1v) is 8.52. The molecule has 0 aromatic heterocycles. The summed E-state index contributed by atoms with van der Waals surface area (Å²) in [5, 5.41) is 0. The highest BCUT2D eigenvalue weighted by Crippen LogP contribution is 2.63. The predicted molar refractivity (Wildman–Crippen MR) is 97.2 cm³/mol. The van der Waals surface area contributed by atoms with E-state index in [1.807, 2.05) is 20.8 Å². The first-order valence-electron chi connectivity index (χ1n) is 6.67. The molecule has 21 heavy (non-hydrogen) atoms. The van der Waals surface area contributed by atoms with Gasteiger partial charge in [-0.3, -0.25) is 0 Å². The summed E-state index contributed by atoms with van der Waals surface area (Å²) in [5.74, 6) is 0.478. The second-order valence-electron chi connectivity index (χ2n) is 8.03. The molecule has 0 heterocycles. The Morgan fingerprint density at radius 1 is 1.05 bits per heavy atom. The van der Waals surface area contributed by atoms with Gasteiger partial charge < -0.3 is 0 Å². The summed E-state index contributed by atoms with van der Waals surface area (Å²) in [4.78, 5) is 0. The molecular formula is C17H41NO2S. The molecule has 4 heteroatoms. The summed E-state index contributed by atoms with van der Waals surface area (Å²) in [6.45, 7) is 15.6. The largest absolute Gasteiger partial charge is 0.212 e. The van der Waals surface area contributed by atoms with Crippen LogP contribution in [0.25, 0.3) is 0 Å². The van der Waals surface area contributed by atoms with Crippen molar-refractivity contribution in [3.8, 4) is 0 Å². The molecule has 1 aliphatic carbocycles. The van der Waals surface area contributed by atoms with Crippen molar-refractivity contribution in [1.29, 1.82) is 0 Å². The van der Waals surface area contributed by atoms with Crippen LogP contribution in [0, 0.1) is 16.7 Å². The summed E-state index contributed by atoms with van der Waals surface area (Å²) in [7, 11) is -3.14. The molecule has 2 unspecified atom stereocenters. The second kappa shape index (κ2) is 6.99. The Bertz CT molecular complexity index is 415. The molecule has 0 saturated heterocycles. The van der Waals surface area contributed by atoms with Crippen LogP contribution < -0.4 is 0 Å². The fraction of sp³-hybridized carbons (Fsp3) is 1.00. The van der Waals surface area contributed by atoms with Gasteiger partial charge in [-0.25, -0.2) is 8.42 Å². The first-order chi connectivity index (χ1) is 7.69. The van der Waals surface area contributed by atoms with Gasteiger partial charge in [0.25, 0.3) is 0 Å². The van der Waals surface area contributed by atoms with Crippen LogP contribution in [-0.4, -0.2) is 31.1 Å². The molecule has 1 rings (SSSR count). The number of hydrogen-bond donors (Lipinski definition) is 0. The van der Waals surface area contributed by atoms with Crippen LogP contribution in [0.5, 0.6) is 0 Å². The van der Waals surface area contributed by atoms with Gasteiger partial charge in [-0.1, -0.05) is 50.0 Å². The Labute approximate surface area is 135 Å². The Kier molecular flexibility index (Phi) is 8.60. The molecule has 1 aliphatic rings. The fourth-order valence-corrected chi connectivity index (χ4v) is 4.19. The Morgan fingerprint density at radius 2 is 1.43 bits per heavy atom. The minimum absolute atomic E-state index is 0. The summed E-state index contributed by atoms with van der Waals surface area (Å²) in [6, 6.07) is 0. The van der Waals surface area contributed by atoms with Gasteiger partial charge in [-0.05, 0) is 43.9 Å². The molecule has 0 aromatic carbocycles. The lowest BCUT2D eigenvalue weighted by Gasteiger charge is -2.35. The van der Waals surface area contributed by atoms with Crippen molar-refractivity contribution in [1.82, 2.24) is 4.31 Å². The van der Waals surface area contributed by atoms with Gasteiger partial charge >= 0.3 is 0 Å². The van der Waals surface area contributed by atoms with Crippen LogP contribution in [0.2, 0.25) is 0 Å². The number of hydrogen-bond acceptors (Lipinski definition) is 2. The smallest absolute Gasteiger partial charge is 0.211 e.